The number of carbonyl (C=O) groups is 1. The molecule has 0 spiro atoms. The van der Waals surface area contributed by atoms with Crippen LogP contribution in [0.5, 0.6) is 0 Å². The fourth-order valence-electron chi connectivity index (χ4n) is 3.20. The van der Waals surface area contributed by atoms with Gasteiger partial charge in [-0.1, -0.05) is 65.9 Å². The Morgan fingerprint density at radius 2 is 1.50 bits per heavy atom. The Bertz CT molecular complexity index is 820. The number of hydrogen-bond donors (Lipinski definition) is 0. The molecule has 1 aliphatic rings. The number of benzene rings is 2. The standard InChI is InChI=1S/C20H20N4OS/c25-20(23-11-13-26-14-12-23)18-15-24(22-21-18)19(16-7-3-1-4-8-16)17-9-5-2-6-10-17/h1-10,15,19H,11-14H2. The Hall–Kier alpha value is -2.60. The molecule has 6 heteroatoms. The summed E-state index contributed by atoms with van der Waals surface area (Å²) < 4.78 is 1.79. The van der Waals surface area contributed by atoms with Gasteiger partial charge in [0.2, 0.25) is 0 Å². The molecule has 0 saturated carbocycles. The molecule has 3 aromatic rings. The second-order valence-electron chi connectivity index (χ2n) is 6.21. The molecule has 0 unspecified atom stereocenters. The topological polar surface area (TPSA) is 51.0 Å². The lowest BCUT2D eigenvalue weighted by atomic mass is 9.99. The number of hydrogen-bond acceptors (Lipinski definition) is 4. The summed E-state index contributed by atoms with van der Waals surface area (Å²) in [6.45, 7) is 1.55. The van der Waals surface area contributed by atoms with Crippen LogP contribution in [0.15, 0.2) is 66.9 Å². The van der Waals surface area contributed by atoms with Crippen LogP contribution in [0.25, 0.3) is 0 Å². The zero-order valence-corrected chi connectivity index (χ0v) is 15.2. The lowest BCUT2D eigenvalue weighted by Crippen LogP contribution is -2.38. The van der Waals surface area contributed by atoms with Gasteiger partial charge >= 0.3 is 0 Å². The Balaban J connectivity index is 1.67. The smallest absolute Gasteiger partial charge is 0.276 e. The molecule has 2 aromatic carbocycles. The summed E-state index contributed by atoms with van der Waals surface area (Å²) in [7, 11) is 0. The lowest BCUT2D eigenvalue weighted by Gasteiger charge is -2.25. The van der Waals surface area contributed by atoms with Gasteiger partial charge < -0.3 is 4.90 Å². The molecule has 1 amide bonds. The Morgan fingerprint density at radius 1 is 0.923 bits per heavy atom. The van der Waals surface area contributed by atoms with E-state index in [0.717, 1.165) is 35.7 Å². The summed E-state index contributed by atoms with van der Waals surface area (Å²) in [5, 5.41) is 8.48. The van der Waals surface area contributed by atoms with Crippen molar-refractivity contribution in [1.29, 1.82) is 0 Å². The van der Waals surface area contributed by atoms with Gasteiger partial charge in [0, 0.05) is 24.6 Å². The number of amides is 1. The van der Waals surface area contributed by atoms with Crippen molar-refractivity contribution >= 4 is 17.7 Å². The Kier molecular flexibility index (Phi) is 5.02. The fourth-order valence-corrected chi connectivity index (χ4v) is 4.10. The molecule has 0 aliphatic carbocycles. The molecular weight excluding hydrogens is 344 g/mol. The highest BCUT2D eigenvalue weighted by molar-refractivity contribution is 7.99. The van der Waals surface area contributed by atoms with E-state index in [1.807, 2.05) is 53.1 Å². The maximum atomic E-state index is 12.7. The number of nitrogens with zero attached hydrogens (tertiary/aromatic N) is 4. The van der Waals surface area contributed by atoms with Crippen LogP contribution in [0.1, 0.15) is 27.7 Å². The highest BCUT2D eigenvalue weighted by Crippen LogP contribution is 2.26. The minimum absolute atomic E-state index is 0.0311. The molecule has 0 radical (unpaired) electrons. The van der Waals surface area contributed by atoms with E-state index in [0.29, 0.717) is 5.69 Å². The van der Waals surface area contributed by atoms with E-state index in [9.17, 15) is 4.79 Å². The predicted molar refractivity (Wildman–Crippen MR) is 103 cm³/mol. The fraction of sp³-hybridized carbons (Fsp3) is 0.250. The molecule has 4 rings (SSSR count). The number of thioether (sulfide) groups is 1. The highest BCUT2D eigenvalue weighted by Gasteiger charge is 2.24. The van der Waals surface area contributed by atoms with Crippen LogP contribution in [0, 0.1) is 0 Å². The summed E-state index contributed by atoms with van der Waals surface area (Å²) in [6.07, 6.45) is 1.77. The van der Waals surface area contributed by atoms with Crippen molar-refractivity contribution < 1.29 is 4.79 Å². The van der Waals surface area contributed by atoms with E-state index in [1.165, 1.54) is 0 Å². The Labute approximate surface area is 157 Å². The summed E-state index contributed by atoms with van der Waals surface area (Å²) in [6, 6.07) is 20.2. The first kappa shape index (κ1) is 16.8. The molecule has 0 bridgehead atoms. The molecule has 132 valence electrons. The molecule has 26 heavy (non-hydrogen) atoms. The van der Waals surface area contributed by atoms with Crippen molar-refractivity contribution in [1.82, 2.24) is 19.9 Å². The molecule has 1 aliphatic heterocycles. The summed E-state index contributed by atoms with van der Waals surface area (Å²) in [5.41, 5.74) is 2.63. The Morgan fingerprint density at radius 3 is 2.08 bits per heavy atom. The quantitative estimate of drug-likeness (QED) is 0.714. The maximum Gasteiger partial charge on any atom is 0.276 e. The van der Waals surface area contributed by atoms with Crippen molar-refractivity contribution in [2.45, 2.75) is 6.04 Å². The van der Waals surface area contributed by atoms with Gasteiger partial charge in [0.15, 0.2) is 5.69 Å². The first-order valence-electron chi connectivity index (χ1n) is 8.71. The van der Waals surface area contributed by atoms with Gasteiger partial charge in [-0.25, -0.2) is 4.68 Å². The van der Waals surface area contributed by atoms with Crippen LogP contribution in [-0.2, 0) is 0 Å². The summed E-state index contributed by atoms with van der Waals surface area (Å²) in [4.78, 5) is 14.6. The SMILES string of the molecule is O=C(c1cn(C(c2ccccc2)c2ccccc2)nn1)N1CCSCC1. The van der Waals surface area contributed by atoms with Crippen molar-refractivity contribution in [3.8, 4) is 0 Å². The van der Waals surface area contributed by atoms with E-state index < -0.39 is 0 Å². The molecule has 2 heterocycles. The zero-order chi connectivity index (χ0) is 17.8. The van der Waals surface area contributed by atoms with Gasteiger partial charge in [-0.2, -0.15) is 11.8 Å². The molecule has 5 nitrogen and oxygen atoms in total. The average Bonchev–Trinajstić information content (AvgIpc) is 3.19. The van der Waals surface area contributed by atoms with E-state index >= 15 is 0 Å². The first-order chi connectivity index (χ1) is 12.8. The highest BCUT2D eigenvalue weighted by atomic mass is 32.2. The molecule has 0 atom stereocenters. The lowest BCUT2D eigenvalue weighted by molar-refractivity contribution is 0.0766. The minimum atomic E-state index is -0.108. The van der Waals surface area contributed by atoms with Crippen molar-refractivity contribution in [3.05, 3.63) is 83.7 Å². The number of carbonyl (C=O) groups excluding carboxylic acids is 1. The third-order valence-electron chi connectivity index (χ3n) is 4.52. The van der Waals surface area contributed by atoms with Gasteiger partial charge in [-0.05, 0) is 11.1 Å². The molecule has 0 N–H and O–H groups in total. The first-order valence-corrected chi connectivity index (χ1v) is 9.87. The van der Waals surface area contributed by atoms with Gasteiger partial charge in [0.25, 0.3) is 5.91 Å². The van der Waals surface area contributed by atoms with Crippen LogP contribution >= 0.6 is 11.8 Å². The van der Waals surface area contributed by atoms with Crippen molar-refractivity contribution in [2.75, 3.05) is 24.6 Å². The van der Waals surface area contributed by atoms with Crippen LogP contribution < -0.4 is 0 Å². The van der Waals surface area contributed by atoms with Crippen molar-refractivity contribution in [3.63, 3.8) is 0 Å². The van der Waals surface area contributed by atoms with Crippen LogP contribution in [-0.4, -0.2) is 50.4 Å². The molecular formula is C20H20N4OS. The molecule has 1 fully saturated rings. The maximum absolute atomic E-state index is 12.7. The van der Waals surface area contributed by atoms with Crippen molar-refractivity contribution in [2.24, 2.45) is 0 Å². The molecule has 1 saturated heterocycles. The predicted octanol–water partition coefficient (Wildman–Crippen LogP) is 3.10. The van der Waals surface area contributed by atoms with E-state index in [4.69, 9.17) is 0 Å². The van der Waals surface area contributed by atoms with Crippen LogP contribution in [0.3, 0.4) is 0 Å². The van der Waals surface area contributed by atoms with Crippen LogP contribution in [0.2, 0.25) is 0 Å². The average molecular weight is 364 g/mol. The van der Waals surface area contributed by atoms with Gasteiger partial charge in [0.1, 0.15) is 6.04 Å². The summed E-state index contributed by atoms with van der Waals surface area (Å²) in [5.74, 6) is 1.93. The van der Waals surface area contributed by atoms with E-state index in [1.54, 1.807) is 10.9 Å². The molecule has 1 aromatic heterocycles. The summed E-state index contributed by atoms with van der Waals surface area (Å²) >= 11 is 1.88. The number of aromatic nitrogens is 3. The second kappa shape index (κ2) is 7.74. The normalized spacial score (nSPS) is 14.6. The van der Waals surface area contributed by atoms with E-state index in [-0.39, 0.29) is 11.9 Å². The second-order valence-corrected chi connectivity index (χ2v) is 7.44. The van der Waals surface area contributed by atoms with Crippen LogP contribution in [0.4, 0.5) is 0 Å². The van der Waals surface area contributed by atoms with Gasteiger partial charge in [0.05, 0.1) is 6.20 Å². The third kappa shape index (κ3) is 3.51. The minimum Gasteiger partial charge on any atom is -0.336 e. The third-order valence-corrected chi connectivity index (χ3v) is 5.47. The largest absolute Gasteiger partial charge is 0.336 e. The van der Waals surface area contributed by atoms with E-state index in [2.05, 4.69) is 34.6 Å². The van der Waals surface area contributed by atoms with Gasteiger partial charge in [-0.3, -0.25) is 4.79 Å². The number of rotatable bonds is 4. The zero-order valence-electron chi connectivity index (χ0n) is 14.4. The van der Waals surface area contributed by atoms with Gasteiger partial charge in [-0.15, -0.1) is 5.10 Å². The monoisotopic (exact) mass is 364 g/mol.